The Bertz CT molecular complexity index is 737. The lowest BCUT2D eigenvalue weighted by Crippen LogP contribution is -1.81. The summed E-state index contributed by atoms with van der Waals surface area (Å²) >= 11 is 10.8. The van der Waals surface area contributed by atoms with Crippen molar-refractivity contribution in [2.24, 2.45) is 0 Å². The molecule has 2 aromatic heterocycles. The van der Waals surface area contributed by atoms with E-state index in [1.54, 1.807) is 34.4 Å². The van der Waals surface area contributed by atoms with Gasteiger partial charge in [-0.05, 0) is 30.3 Å². The Morgan fingerprint density at radius 2 is 1.95 bits per heavy atom. The monoisotopic (exact) mass is 367 g/mol. The van der Waals surface area contributed by atoms with E-state index in [1.165, 1.54) is 6.42 Å². The van der Waals surface area contributed by atoms with Gasteiger partial charge in [0.05, 0.1) is 5.69 Å². The number of nitrogens with zero attached hydrogens (tertiary/aromatic N) is 3. The molecule has 0 bridgehead atoms. The Hall–Kier alpha value is -0.950. The first-order chi connectivity index (χ1) is 10.7. The largest absolute Gasteiger partial charge is 0.229 e. The second-order valence-corrected chi connectivity index (χ2v) is 8.52. The molecule has 2 heterocycles. The minimum Gasteiger partial charge on any atom is -0.229 e. The Labute approximate surface area is 146 Å². The molecule has 1 aromatic carbocycles. The van der Waals surface area contributed by atoms with Gasteiger partial charge in [-0.15, -0.1) is 21.5 Å². The number of unbranched alkanes of at least 4 members (excludes halogenated alkanes) is 1. The molecule has 114 valence electrons. The highest BCUT2D eigenvalue weighted by molar-refractivity contribution is 8.02. The number of thiazole rings is 1. The van der Waals surface area contributed by atoms with Crippen LogP contribution in [0.15, 0.2) is 38.3 Å². The van der Waals surface area contributed by atoms with Gasteiger partial charge < -0.3 is 0 Å². The van der Waals surface area contributed by atoms with Gasteiger partial charge in [-0.3, -0.25) is 0 Å². The standard InChI is InChI=1S/C15H14ClN3S3/c1-2-3-4-13-18-19-15(21-13)22-14-17-12(9-20-14)10-5-7-11(16)8-6-10/h5-9H,2-4H2,1H3. The maximum absolute atomic E-state index is 5.91. The van der Waals surface area contributed by atoms with Crippen molar-refractivity contribution >= 4 is 46.0 Å². The van der Waals surface area contributed by atoms with Gasteiger partial charge in [0.1, 0.15) is 5.01 Å². The summed E-state index contributed by atoms with van der Waals surface area (Å²) in [7, 11) is 0. The topological polar surface area (TPSA) is 38.7 Å². The van der Waals surface area contributed by atoms with Crippen LogP contribution >= 0.6 is 46.0 Å². The molecule has 0 radical (unpaired) electrons. The van der Waals surface area contributed by atoms with Gasteiger partial charge in [0, 0.05) is 22.4 Å². The Morgan fingerprint density at radius 1 is 1.14 bits per heavy atom. The molecule has 0 saturated heterocycles. The van der Waals surface area contributed by atoms with Crippen molar-refractivity contribution in [3.05, 3.63) is 39.7 Å². The summed E-state index contributed by atoms with van der Waals surface area (Å²) in [6.07, 6.45) is 3.36. The van der Waals surface area contributed by atoms with Gasteiger partial charge in [0.25, 0.3) is 0 Å². The quantitative estimate of drug-likeness (QED) is 0.551. The van der Waals surface area contributed by atoms with Crippen LogP contribution in [0.2, 0.25) is 5.02 Å². The van der Waals surface area contributed by atoms with E-state index in [2.05, 4.69) is 27.5 Å². The third-order valence-electron chi connectivity index (χ3n) is 2.99. The number of benzene rings is 1. The summed E-state index contributed by atoms with van der Waals surface area (Å²) in [6, 6.07) is 7.74. The fourth-order valence-corrected chi connectivity index (χ4v) is 4.93. The molecule has 0 atom stereocenters. The average Bonchev–Trinajstić information content (AvgIpc) is 3.16. The molecule has 3 rings (SSSR count). The van der Waals surface area contributed by atoms with Crippen molar-refractivity contribution in [2.75, 3.05) is 0 Å². The van der Waals surface area contributed by atoms with E-state index in [0.29, 0.717) is 0 Å². The first-order valence-electron chi connectivity index (χ1n) is 6.96. The maximum atomic E-state index is 5.91. The van der Waals surface area contributed by atoms with Crippen molar-refractivity contribution < 1.29 is 0 Å². The summed E-state index contributed by atoms with van der Waals surface area (Å²) < 4.78 is 1.95. The number of aromatic nitrogens is 3. The highest BCUT2D eigenvalue weighted by Crippen LogP contribution is 2.35. The third kappa shape index (κ3) is 4.07. The zero-order valence-electron chi connectivity index (χ0n) is 12.0. The minimum atomic E-state index is 0.738. The van der Waals surface area contributed by atoms with Crippen molar-refractivity contribution in [3.63, 3.8) is 0 Å². The van der Waals surface area contributed by atoms with Gasteiger partial charge >= 0.3 is 0 Å². The van der Waals surface area contributed by atoms with Crippen molar-refractivity contribution in [1.29, 1.82) is 0 Å². The molecule has 3 nitrogen and oxygen atoms in total. The summed E-state index contributed by atoms with van der Waals surface area (Å²) in [6.45, 7) is 2.19. The van der Waals surface area contributed by atoms with Gasteiger partial charge in [-0.1, -0.05) is 48.4 Å². The van der Waals surface area contributed by atoms with Crippen LogP contribution in [0.3, 0.4) is 0 Å². The Morgan fingerprint density at radius 3 is 2.73 bits per heavy atom. The van der Waals surface area contributed by atoms with E-state index < -0.39 is 0 Å². The molecular weight excluding hydrogens is 354 g/mol. The first kappa shape index (κ1) is 15.9. The molecule has 7 heteroatoms. The van der Waals surface area contributed by atoms with E-state index in [1.807, 2.05) is 24.3 Å². The van der Waals surface area contributed by atoms with Crippen LogP contribution in [-0.4, -0.2) is 15.2 Å². The average molecular weight is 368 g/mol. The highest BCUT2D eigenvalue weighted by Gasteiger charge is 2.10. The molecule has 22 heavy (non-hydrogen) atoms. The molecule has 0 aliphatic heterocycles. The lowest BCUT2D eigenvalue weighted by atomic mass is 10.2. The lowest BCUT2D eigenvalue weighted by molar-refractivity contribution is 0.777. The number of rotatable bonds is 6. The molecule has 0 spiro atoms. The van der Waals surface area contributed by atoms with Crippen LogP contribution in [0.1, 0.15) is 24.8 Å². The minimum absolute atomic E-state index is 0.738. The first-order valence-corrected chi connectivity index (χ1v) is 9.85. The second kappa shape index (κ2) is 7.55. The number of hydrogen-bond donors (Lipinski definition) is 0. The zero-order chi connectivity index (χ0) is 15.4. The van der Waals surface area contributed by atoms with Gasteiger partial charge in [-0.2, -0.15) is 0 Å². The molecule has 0 amide bonds. The Kier molecular flexibility index (Phi) is 5.46. The van der Waals surface area contributed by atoms with Crippen molar-refractivity contribution in [3.8, 4) is 11.3 Å². The molecule has 0 saturated carbocycles. The highest BCUT2D eigenvalue weighted by atomic mass is 35.5. The van der Waals surface area contributed by atoms with Gasteiger partial charge in [0.15, 0.2) is 8.68 Å². The van der Waals surface area contributed by atoms with Crippen molar-refractivity contribution in [1.82, 2.24) is 15.2 Å². The molecule has 0 aliphatic carbocycles. The van der Waals surface area contributed by atoms with Crippen LogP contribution in [0.25, 0.3) is 11.3 Å². The third-order valence-corrected chi connectivity index (χ3v) is 6.21. The van der Waals surface area contributed by atoms with E-state index in [-0.39, 0.29) is 0 Å². The van der Waals surface area contributed by atoms with E-state index >= 15 is 0 Å². The normalized spacial score (nSPS) is 11.0. The number of halogens is 1. The zero-order valence-corrected chi connectivity index (χ0v) is 15.2. The lowest BCUT2D eigenvalue weighted by Gasteiger charge is -1.95. The van der Waals surface area contributed by atoms with Crippen molar-refractivity contribution in [2.45, 2.75) is 34.9 Å². The molecule has 0 aliphatic rings. The Balaban J connectivity index is 1.69. The van der Waals surface area contributed by atoms with Crippen LogP contribution in [0.5, 0.6) is 0 Å². The van der Waals surface area contributed by atoms with Crippen LogP contribution in [0, 0.1) is 0 Å². The predicted octanol–water partition coefficient (Wildman–Crippen LogP) is 5.81. The van der Waals surface area contributed by atoms with E-state index in [9.17, 15) is 0 Å². The smallest absolute Gasteiger partial charge is 0.181 e. The summed E-state index contributed by atoms with van der Waals surface area (Å²) in [5.41, 5.74) is 2.05. The fourth-order valence-electron chi connectivity index (χ4n) is 1.84. The SMILES string of the molecule is CCCCc1nnc(Sc2nc(-c3ccc(Cl)cc3)cs2)s1. The summed E-state index contributed by atoms with van der Waals surface area (Å²) in [4.78, 5) is 4.65. The predicted molar refractivity (Wildman–Crippen MR) is 95.2 cm³/mol. The molecule has 0 N–H and O–H groups in total. The van der Waals surface area contributed by atoms with E-state index in [0.717, 1.165) is 42.8 Å². The summed E-state index contributed by atoms with van der Waals surface area (Å²) in [5.74, 6) is 0. The second-order valence-electron chi connectivity index (χ2n) is 4.67. The molecule has 3 aromatic rings. The van der Waals surface area contributed by atoms with Gasteiger partial charge in [0.2, 0.25) is 0 Å². The van der Waals surface area contributed by atoms with Gasteiger partial charge in [-0.25, -0.2) is 4.98 Å². The fraction of sp³-hybridized carbons (Fsp3) is 0.267. The van der Waals surface area contributed by atoms with Crippen LogP contribution in [0.4, 0.5) is 0 Å². The van der Waals surface area contributed by atoms with E-state index in [4.69, 9.17) is 11.6 Å². The molecule has 0 fully saturated rings. The molecular formula is C15H14ClN3S3. The van der Waals surface area contributed by atoms with Crippen LogP contribution in [-0.2, 0) is 6.42 Å². The number of hydrogen-bond acceptors (Lipinski definition) is 6. The number of aryl methyl sites for hydroxylation is 1. The maximum Gasteiger partial charge on any atom is 0.181 e. The summed E-state index contributed by atoms with van der Waals surface area (Å²) in [5, 5.41) is 12.4. The van der Waals surface area contributed by atoms with Crippen LogP contribution < -0.4 is 0 Å². The molecule has 0 unspecified atom stereocenters.